The number of esters is 1. The van der Waals surface area contributed by atoms with Crippen LogP contribution in [0, 0.1) is 0 Å². The molecule has 1 atom stereocenters. The summed E-state index contributed by atoms with van der Waals surface area (Å²) in [7, 11) is -0.843. The lowest BCUT2D eigenvalue weighted by atomic mass is 10.1. The number of anilines is 1. The molecular formula is C26H25N5O5S. The number of aromatic nitrogens is 3. The van der Waals surface area contributed by atoms with E-state index in [1.807, 2.05) is 30.3 Å². The highest BCUT2D eigenvalue weighted by atomic mass is 32.2. The Morgan fingerprint density at radius 3 is 2.46 bits per heavy atom. The first-order valence-electron chi connectivity index (χ1n) is 11.3. The van der Waals surface area contributed by atoms with Crippen molar-refractivity contribution in [3.63, 3.8) is 0 Å². The van der Waals surface area contributed by atoms with E-state index in [0.717, 1.165) is 9.99 Å². The van der Waals surface area contributed by atoms with Crippen molar-refractivity contribution in [2.75, 3.05) is 19.4 Å². The number of nitrogens with one attached hydrogen (secondary N) is 1. The number of hydrogen-bond donors (Lipinski definition) is 1. The van der Waals surface area contributed by atoms with Crippen LogP contribution in [0.5, 0.6) is 0 Å². The molecule has 10 nitrogen and oxygen atoms in total. The third-order valence-corrected chi connectivity index (χ3v) is 7.23. The number of amides is 1. The number of rotatable bonds is 8. The highest BCUT2D eigenvalue weighted by Gasteiger charge is 2.25. The molecule has 0 unspecified atom stereocenters. The van der Waals surface area contributed by atoms with Crippen molar-refractivity contribution in [1.29, 1.82) is 0 Å². The van der Waals surface area contributed by atoms with E-state index in [-0.39, 0.29) is 16.1 Å². The Morgan fingerprint density at radius 1 is 1.03 bits per heavy atom. The molecule has 0 aliphatic carbocycles. The average Bonchev–Trinajstić information content (AvgIpc) is 3.35. The smallest absolute Gasteiger partial charge is 0.342 e. The van der Waals surface area contributed by atoms with Gasteiger partial charge in [-0.3, -0.25) is 9.78 Å². The summed E-state index contributed by atoms with van der Waals surface area (Å²) in [5.41, 5.74) is 2.13. The molecule has 1 amide bonds. The molecule has 0 fully saturated rings. The van der Waals surface area contributed by atoms with Gasteiger partial charge in [-0.25, -0.2) is 22.2 Å². The highest BCUT2D eigenvalue weighted by Crippen LogP contribution is 2.24. The number of nitrogens with zero attached hydrogens (tertiary/aromatic N) is 4. The summed E-state index contributed by atoms with van der Waals surface area (Å²) in [5, 5.41) is 7.15. The fraction of sp³-hybridized carbons (Fsp3) is 0.154. The Balaban J connectivity index is 1.55. The van der Waals surface area contributed by atoms with Gasteiger partial charge in [0.1, 0.15) is 11.3 Å². The lowest BCUT2D eigenvalue weighted by Crippen LogP contribution is -2.30. The third-order valence-electron chi connectivity index (χ3n) is 5.42. The maximum absolute atomic E-state index is 13.2. The number of pyridine rings is 1. The number of carbonyl (C=O) groups excluding carboxylic acids is 2. The van der Waals surface area contributed by atoms with Crippen molar-refractivity contribution in [3.05, 3.63) is 90.9 Å². The zero-order chi connectivity index (χ0) is 26.6. The van der Waals surface area contributed by atoms with Crippen LogP contribution in [0.25, 0.3) is 16.9 Å². The summed E-state index contributed by atoms with van der Waals surface area (Å²) in [6, 6.07) is 18.6. The minimum Gasteiger partial charge on any atom is -0.449 e. The topological polar surface area (TPSA) is 123 Å². The minimum atomic E-state index is -3.68. The first-order valence-corrected chi connectivity index (χ1v) is 12.7. The second-order valence-corrected chi connectivity index (χ2v) is 10.4. The van der Waals surface area contributed by atoms with Gasteiger partial charge in [0.2, 0.25) is 10.0 Å². The van der Waals surface area contributed by atoms with Crippen LogP contribution in [0.2, 0.25) is 0 Å². The molecule has 0 spiro atoms. The number of ether oxygens (including phenoxy) is 1. The molecule has 1 N–H and O–H groups in total. The van der Waals surface area contributed by atoms with Crippen LogP contribution in [0.3, 0.4) is 0 Å². The number of para-hydroxylation sites is 1. The normalized spacial score (nSPS) is 12.2. The lowest BCUT2D eigenvalue weighted by Gasteiger charge is -2.15. The molecule has 11 heteroatoms. The van der Waals surface area contributed by atoms with Crippen LogP contribution in [0.1, 0.15) is 17.3 Å². The molecule has 2 aromatic carbocycles. The Hall–Kier alpha value is -4.35. The van der Waals surface area contributed by atoms with Crippen LogP contribution in [0.15, 0.2) is 90.2 Å². The summed E-state index contributed by atoms with van der Waals surface area (Å²) in [6.07, 6.45) is 3.56. The number of sulfonamides is 1. The molecule has 0 aliphatic rings. The van der Waals surface area contributed by atoms with Crippen LogP contribution >= 0.6 is 0 Å². The zero-order valence-corrected chi connectivity index (χ0v) is 21.2. The monoisotopic (exact) mass is 519 g/mol. The summed E-state index contributed by atoms with van der Waals surface area (Å²) >= 11 is 0. The second-order valence-electron chi connectivity index (χ2n) is 8.27. The van der Waals surface area contributed by atoms with E-state index >= 15 is 0 Å². The molecule has 190 valence electrons. The predicted molar refractivity (Wildman–Crippen MR) is 138 cm³/mol. The zero-order valence-electron chi connectivity index (χ0n) is 20.4. The quantitative estimate of drug-likeness (QED) is 0.354. The first-order chi connectivity index (χ1) is 17.7. The van der Waals surface area contributed by atoms with Gasteiger partial charge in [-0.2, -0.15) is 5.10 Å². The molecular weight excluding hydrogens is 494 g/mol. The fourth-order valence-corrected chi connectivity index (χ4v) is 4.37. The summed E-state index contributed by atoms with van der Waals surface area (Å²) in [5.74, 6) is -1.36. The molecule has 0 bridgehead atoms. The van der Waals surface area contributed by atoms with Gasteiger partial charge in [-0.15, -0.1) is 0 Å². The first kappa shape index (κ1) is 25.7. The van der Waals surface area contributed by atoms with Crippen LogP contribution in [-0.4, -0.2) is 59.6 Å². The van der Waals surface area contributed by atoms with Crippen molar-refractivity contribution in [3.8, 4) is 16.9 Å². The Labute approximate surface area is 214 Å². The van der Waals surface area contributed by atoms with Crippen molar-refractivity contribution in [2.24, 2.45) is 0 Å². The van der Waals surface area contributed by atoms with Gasteiger partial charge >= 0.3 is 5.97 Å². The maximum Gasteiger partial charge on any atom is 0.342 e. The van der Waals surface area contributed by atoms with Crippen molar-refractivity contribution >= 4 is 27.6 Å². The van der Waals surface area contributed by atoms with E-state index in [9.17, 15) is 18.0 Å². The second kappa shape index (κ2) is 10.7. The van der Waals surface area contributed by atoms with Crippen molar-refractivity contribution in [1.82, 2.24) is 19.1 Å². The van der Waals surface area contributed by atoms with Crippen molar-refractivity contribution < 1.29 is 22.7 Å². The van der Waals surface area contributed by atoms with Gasteiger partial charge in [0.05, 0.1) is 10.6 Å². The standard InChI is InChI=1S/C26H25N5O5S/c1-18(25(32)28-20-10-7-13-22(15-20)37(34,35)30(2)3)36-26(33)23-17-31(21-11-5-4-6-12-21)29-24(23)19-9-8-14-27-16-19/h4-18H,1-3H3,(H,28,32)/t18-/m0/s1. The Bertz CT molecular complexity index is 1520. The van der Waals surface area contributed by atoms with Crippen LogP contribution in [0.4, 0.5) is 5.69 Å². The molecule has 4 rings (SSSR count). The van der Waals surface area contributed by atoms with E-state index in [0.29, 0.717) is 11.3 Å². The third kappa shape index (κ3) is 5.74. The van der Waals surface area contributed by atoms with Crippen LogP contribution < -0.4 is 5.32 Å². The SMILES string of the molecule is C[C@H](OC(=O)c1cn(-c2ccccc2)nc1-c1cccnc1)C(=O)Nc1cccc(S(=O)(=O)N(C)C)c1. The average molecular weight is 520 g/mol. The van der Waals surface area contributed by atoms with Gasteiger partial charge in [0.15, 0.2) is 6.10 Å². The fourth-order valence-electron chi connectivity index (χ4n) is 3.42. The van der Waals surface area contributed by atoms with Gasteiger partial charge in [0.25, 0.3) is 5.91 Å². The van der Waals surface area contributed by atoms with Crippen LogP contribution in [-0.2, 0) is 19.6 Å². The molecule has 0 saturated carbocycles. The molecule has 0 saturated heterocycles. The van der Waals surface area contributed by atoms with E-state index in [2.05, 4.69) is 15.4 Å². The van der Waals surface area contributed by atoms with E-state index in [4.69, 9.17) is 4.74 Å². The minimum absolute atomic E-state index is 0.0226. The summed E-state index contributed by atoms with van der Waals surface area (Å²) in [6.45, 7) is 1.43. The van der Waals surface area contributed by atoms with Gasteiger partial charge in [-0.05, 0) is 49.4 Å². The van der Waals surface area contributed by atoms with E-state index in [1.165, 1.54) is 39.2 Å². The highest BCUT2D eigenvalue weighted by molar-refractivity contribution is 7.89. The van der Waals surface area contributed by atoms with Gasteiger partial charge in [0, 0.05) is 43.9 Å². The summed E-state index contributed by atoms with van der Waals surface area (Å²) in [4.78, 5) is 30.1. The Kier molecular flexibility index (Phi) is 7.46. The number of hydrogen-bond acceptors (Lipinski definition) is 7. The molecule has 4 aromatic rings. The van der Waals surface area contributed by atoms with Crippen molar-refractivity contribution in [2.45, 2.75) is 17.9 Å². The van der Waals surface area contributed by atoms with Gasteiger partial charge < -0.3 is 10.1 Å². The molecule has 0 radical (unpaired) electrons. The van der Waals surface area contributed by atoms with E-state index < -0.39 is 28.0 Å². The molecule has 2 heterocycles. The predicted octanol–water partition coefficient (Wildman–Crippen LogP) is 3.37. The molecule has 0 aliphatic heterocycles. The Morgan fingerprint density at radius 2 is 1.78 bits per heavy atom. The largest absolute Gasteiger partial charge is 0.449 e. The lowest BCUT2D eigenvalue weighted by molar-refractivity contribution is -0.123. The van der Waals surface area contributed by atoms with Gasteiger partial charge in [-0.1, -0.05) is 24.3 Å². The molecule has 37 heavy (non-hydrogen) atoms. The number of benzene rings is 2. The molecule has 2 aromatic heterocycles. The van der Waals surface area contributed by atoms with E-state index in [1.54, 1.807) is 41.5 Å². The maximum atomic E-state index is 13.2. The number of carbonyl (C=O) groups is 2. The summed E-state index contributed by atoms with van der Waals surface area (Å²) < 4.78 is 32.9.